The van der Waals surface area contributed by atoms with Gasteiger partial charge in [-0.25, -0.2) is 0 Å². The molecule has 0 radical (unpaired) electrons. The van der Waals surface area contributed by atoms with Crippen molar-refractivity contribution in [2.75, 3.05) is 0 Å². The molecule has 6 atom stereocenters. The summed E-state index contributed by atoms with van der Waals surface area (Å²) in [6.45, 7) is 14.7. The second kappa shape index (κ2) is 6.14. The largest absolute Gasteiger partial charge is 0.390 e. The van der Waals surface area contributed by atoms with Gasteiger partial charge in [0.25, 0.3) is 0 Å². The zero-order chi connectivity index (χ0) is 17.7. The molecule has 2 fully saturated rings. The maximum atomic E-state index is 11.1. The molecule has 0 aliphatic heterocycles. The summed E-state index contributed by atoms with van der Waals surface area (Å²) in [5.41, 5.74) is -1.12. The lowest BCUT2D eigenvalue weighted by atomic mass is 9.45. The van der Waals surface area contributed by atoms with Gasteiger partial charge in [0.05, 0.1) is 11.2 Å². The average molecular weight is 387 g/mol. The molecule has 2 saturated carbocycles. The van der Waals surface area contributed by atoms with Crippen LogP contribution in [-0.2, 0) is 0 Å². The summed E-state index contributed by atoms with van der Waals surface area (Å²) in [7, 11) is 0. The fourth-order valence-electron chi connectivity index (χ4n) is 5.67. The molecule has 2 aliphatic carbocycles. The second-order valence-corrected chi connectivity index (χ2v) is 10.5. The maximum Gasteiger partial charge on any atom is 0.0797 e. The van der Waals surface area contributed by atoms with E-state index >= 15 is 0 Å². The highest BCUT2D eigenvalue weighted by molar-refractivity contribution is 9.09. The minimum atomic E-state index is -0.846. The Morgan fingerprint density at radius 1 is 1.22 bits per heavy atom. The first-order valence-corrected chi connectivity index (χ1v) is 10.0. The molecule has 2 nitrogen and oxygen atoms in total. The van der Waals surface area contributed by atoms with Gasteiger partial charge in [-0.3, -0.25) is 0 Å². The van der Waals surface area contributed by atoms with Gasteiger partial charge < -0.3 is 10.2 Å². The third kappa shape index (κ3) is 3.43. The van der Waals surface area contributed by atoms with Crippen molar-refractivity contribution >= 4 is 15.9 Å². The van der Waals surface area contributed by atoms with Gasteiger partial charge >= 0.3 is 0 Å². The van der Waals surface area contributed by atoms with Crippen molar-refractivity contribution in [1.29, 1.82) is 0 Å². The summed E-state index contributed by atoms with van der Waals surface area (Å²) in [5, 5.41) is 21.5. The van der Waals surface area contributed by atoms with E-state index in [1.807, 2.05) is 13.8 Å². The summed E-state index contributed by atoms with van der Waals surface area (Å²) in [5.74, 6) is 0.825. The van der Waals surface area contributed by atoms with Gasteiger partial charge in [-0.15, -0.1) is 6.58 Å². The second-order valence-electron chi connectivity index (χ2n) is 9.43. The van der Waals surface area contributed by atoms with E-state index in [1.54, 1.807) is 6.08 Å². The predicted octanol–water partition coefficient (Wildman–Crippen LogP) is 5.07. The van der Waals surface area contributed by atoms with E-state index in [9.17, 15) is 10.2 Å². The number of hydrogen-bond acceptors (Lipinski definition) is 2. The van der Waals surface area contributed by atoms with Gasteiger partial charge in [-0.05, 0) is 75.0 Å². The van der Waals surface area contributed by atoms with Crippen molar-refractivity contribution in [2.24, 2.45) is 22.7 Å². The Morgan fingerprint density at radius 3 is 2.39 bits per heavy atom. The highest BCUT2D eigenvalue weighted by Crippen LogP contribution is 2.64. The summed E-state index contributed by atoms with van der Waals surface area (Å²) >= 11 is 3.91. The number of alkyl halides is 1. The molecule has 0 spiro atoms. The lowest BCUT2D eigenvalue weighted by Crippen LogP contribution is -2.59. The van der Waals surface area contributed by atoms with Crippen LogP contribution < -0.4 is 0 Å². The van der Waals surface area contributed by atoms with Crippen LogP contribution in [0.1, 0.15) is 73.1 Å². The minimum absolute atomic E-state index is 0.132. The number of rotatable bonds is 4. The van der Waals surface area contributed by atoms with Gasteiger partial charge in [0.2, 0.25) is 0 Å². The molecule has 0 aromatic heterocycles. The van der Waals surface area contributed by atoms with Crippen molar-refractivity contribution in [2.45, 2.75) is 89.2 Å². The highest BCUT2D eigenvalue weighted by atomic mass is 79.9. The van der Waals surface area contributed by atoms with Crippen molar-refractivity contribution in [3.8, 4) is 0 Å². The third-order valence-electron chi connectivity index (χ3n) is 7.30. The molecule has 0 bridgehead atoms. The van der Waals surface area contributed by atoms with Crippen LogP contribution in [-0.4, -0.2) is 26.2 Å². The molecule has 2 aliphatic rings. The molecule has 23 heavy (non-hydrogen) atoms. The van der Waals surface area contributed by atoms with Gasteiger partial charge in [-0.1, -0.05) is 42.8 Å². The smallest absolute Gasteiger partial charge is 0.0797 e. The molecule has 134 valence electrons. The van der Waals surface area contributed by atoms with E-state index in [0.717, 1.165) is 32.1 Å². The van der Waals surface area contributed by atoms with Crippen LogP contribution in [0.3, 0.4) is 0 Å². The molecule has 0 amide bonds. The zero-order valence-electron chi connectivity index (χ0n) is 15.5. The molecule has 2 rings (SSSR count). The molecule has 6 unspecified atom stereocenters. The van der Waals surface area contributed by atoms with Gasteiger partial charge in [0, 0.05) is 4.83 Å². The topological polar surface area (TPSA) is 40.5 Å². The van der Waals surface area contributed by atoms with Crippen molar-refractivity contribution in [3.63, 3.8) is 0 Å². The standard InChI is InChI=1S/C20H35BrO2/c1-7-18(4,22)11-8-15-19(5)12-10-16(21)17(2,3)14(19)9-13-20(15,6)23/h7,14-16,22-23H,1,8-13H2,2-6H3. The first-order chi connectivity index (χ1) is 10.4. The first-order valence-electron chi connectivity index (χ1n) is 9.09. The fourth-order valence-corrected chi connectivity index (χ4v) is 6.22. The Balaban J connectivity index is 2.31. The van der Waals surface area contributed by atoms with Crippen molar-refractivity contribution in [3.05, 3.63) is 12.7 Å². The molecule has 0 aromatic carbocycles. The van der Waals surface area contributed by atoms with Crippen molar-refractivity contribution < 1.29 is 10.2 Å². The number of aliphatic hydroxyl groups is 2. The average Bonchev–Trinajstić information content (AvgIpc) is 2.42. The van der Waals surface area contributed by atoms with Crippen LogP contribution in [0.2, 0.25) is 0 Å². The van der Waals surface area contributed by atoms with Crippen LogP contribution in [0.15, 0.2) is 12.7 Å². The predicted molar refractivity (Wildman–Crippen MR) is 101 cm³/mol. The Morgan fingerprint density at radius 2 is 1.83 bits per heavy atom. The minimum Gasteiger partial charge on any atom is -0.390 e. The maximum absolute atomic E-state index is 11.1. The lowest BCUT2D eigenvalue weighted by molar-refractivity contribution is -0.169. The third-order valence-corrected chi connectivity index (χ3v) is 8.94. The van der Waals surface area contributed by atoms with E-state index in [0.29, 0.717) is 17.2 Å². The van der Waals surface area contributed by atoms with E-state index in [4.69, 9.17) is 0 Å². The molecule has 0 aromatic rings. The first kappa shape index (κ1) is 19.5. The van der Waals surface area contributed by atoms with E-state index in [2.05, 4.69) is 43.3 Å². The Bertz CT molecular complexity index is 455. The summed E-state index contributed by atoms with van der Waals surface area (Å²) in [6, 6.07) is 0. The fraction of sp³-hybridized carbons (Fsp3) is 0.900. The Hall–Kier alpha value is 0.140. The lowest BCUT2D eigenvalue weighted by Gasteiger charge is -2.62. The Kier molecular flexibility index (Phi) is 5.20. The summed E-state index contributed by atoms with van der Waals surface area (Å²) < 4.78 is 0. The van der Waals surface area contributed by atoms with Crippen LogP contribution in [0, 0.1) is 22.7 Å². The van der Waals surface area contributed by atoms with E-state index < -0.39 is 11.2 Å². The van der Waals surface area contributed by atoms with Crippen LogP contribution in [0.25, 0.3) is 0 Å². The van der Waals surface area contributed by atoms with Crippen molar-refractivity contribution in [1.82, 2.24) is 0 Å². The van der Waals surface area contributed by atoms with Gasteiger partial charge in [0.15, 0.2) is 0 Å². The Labute approximate surface area is 150 Å². The molecular weight excluding hydrogens is 352 g/mol. The highest BCUT2D eigenvalue weighted by Gasteiger charge is 2.59. The number of hydrogen-bond donors (Lipinski definition) is 2. The summed E-state index contributed by atoms with van der Waals surface area (Å²) in [4.78, 5) is 0.549. The molecule has 0 saturated heterocycles. The van der Waals surface area contributed by atoms with E-state index in [-0.39, 0.29) is 16.7 Å². The number of halogens is 1. The van der Waals surface area contributed by atoms with Gasteiger partial charge in [-0.2, -0.15) is 0 Å². The van der Waals surface area contributed by atoms with Crippen LogP contribution in [0.4, 0.5) is 0 Å². The molecular formula is C20H35BrO2. The monoisotopic (exact) mass is 386 g/mol. The SMILES string of the molecule is C=CC(C)(O)CCC1C(C)(O)CCC2C(C)(C)C(Br)CCC12C. The molecule has 3 heteroatoms. The van der Waals surface area contributed by atoms with Gasteiger partial charge in [0.1, 0.15) is 0 Å². The molecule has 0 heterocycles. The zero-order valence-corrected chi connectivity index (χ0v) is 17.1. The summed E-state index contributed by atoms with van der Waals surface area (Å²) in [6.07, 6.45) is 7.40. The molecule has 2 N–H and O–H groups in total. The van der Waals surface area contributed by atoms with Crippen LogP contribution in [0.5, 0.6) is 0 Å². The quantitative estimate of drug-likeness (QED) is 0.522. The van der Waals surface area contributed by atoms with E-state index in [1.165, 1.54) is 0 Å². The normalized spacial score (nSPS) is 45.8. The van der Waals surface area contributed by atoms with Crippen LogP contribution >= 0.6 is 15.9 Å². The number of fused-ring (bicyclic) bond motifs is 1.